The van der Waals surface area contributed by atoms with Gasteiger partial charge in [-0.3, -0.25) is 4.99 Å². The van der Waals surface area contributed by atoms with Crippen LogP contribution in [0.3, 0.4) is 0 Å². The molecule has 0 saturated heterocycles. The zero-order valence-electron chi connectivity index (χ0n) is 31.1. The second kappa shape index (κ2) is 13.8. The van der Waals surface area contributed by atoms with Crippen LogP contribution in [0.25, 0.3) is 43.1 Å². The van der Waals surface area contributed by atoms with Crippen LogP contribution in [-0.2, 0) is 0 Å². The van der Waals surface area contributed by atoms with E-state index in [2.05, 4.69) is 119 Å². The first kappa shape index (κ1) is 33.3. The molecule has 0 spiro atoms. The van der Waals surface area contributed by atoms with Crippen molar-refractivity contribution in [2.75, 3.05) is 0 Å². The second-order valence-electron chi connectivity index (χ2n) is 14.3. The molecule has 0 fully saturated rings. The van der Waals surface area contributed by atoms with Gasteiger partial charge in [0.1, 0.15) is 0 Å². The van der Waals surface area contributed by atoms with E-state index in [4.69, 9.17) is 20.0 Å². The van der Waals surface area contributed by atoms with Gasteiger partial charge < -0.3 is 0 Å². The van der Waals surface area contributed by atoms with Gasteiger partial charge in [-0.1, -0.05) is 66.7 Å². The summed E-state index contributed by atoms with van der Waals surface area (Å²) in [4.78, 5) is 21.1. The van der Waals surface area contributed by atoms with Crippen molar-refractivity contribution in [3.8, 4) is 0 Å². The van der Waals surface area contributed by atoms with Crippen molar-refractivity contribution in [1.82, 2.24) is 0 Å². The maximum atomic E-state index is 5.32. The van der Waals surface area contributed by atoms with Gasteiger partial charge in [0.25, 0.3) is 0 Å². The second-order valence-corrected chi connectivity index (χ2v) is 14.3. The number of fused-ring (bicyclic) bond motifs is 4. The van der Waals surface area contributed by atoms with E-state index in [0.29, 0.717) is 0 Å². The van der Waals surface area contributed by atoms with Gasteiger partial charge in [-0.15, -0.1) is 0 Å². The molecular formula is C50H40N4. The molecule has 0 heterocycles. The molecule has 4 heteroatoms. The predicted molar refractivity (Wildman–Crippen MR) is 225 cm³/mol. The Balaban J connectivity index is 1.39. The third kappa shape index (κ3) is 6.10. The Labute approximate surface area is 314 Å². The molecule has 9 rings (SSSR count). The van der Waals surface area contributed by atoms with Gasteiger partial charge in [0.05, 0.1) is 38.5 Å². The van der Waals surface area contributed by atoms with E-state index in [0.717, 1.165) is 122 Å². The Morgan fingerprint density at radius 2 is 0.722 bits per heavy atom. The van der Waals surface area contributed by atoms with Crippen LogP contribution < -0.4 is 21.4 Å². The van der Waals surface area contributed by atoms with Gasteiger partial charge in [0.15, 0.2) is 0 Å². The SMILES string of the molecule is Cc1c(C)/c(=N/c2ccccc2)c2cc3cc4cc5/c(=N/C6=CC=CCC6)c(C)c(C)c(=Nc6ccccc6)c5cc4cc3cc2c1=Nc1ccccc1. The standard InChI is InChI=1S/C50H40N4/c1-31-32(2)48(52-40-19-11-6-12-20-40)44-28-36-26-38-30-46-45(29-37(38)25-35(36)27-43(44)47(31)51-39-17-9-5-10-18-39)49(53-41-21-13-7-14-22-41)33(3)34(4)50(46)54-42-23-15-8-16-24-42/h5-15,17-23,25-30H,16,24H2,1-4H3/b51-47?,52-48-,53-49?,54-50+. The highest BCUT2D eigenvalue weighted by Gasteiger charge is 2.14. The van der Waals surface area contributed by atoms with Crippen molar-refractivity contribution in [2.24, 2.45) is 20.0 Å². The van der Waals surface area contributed by atoms with Crippen LogP contribution in [0.5, 0.6) is 0 Å². The van der Waals surface area contributed by atoms with Gasteiger partial charge in [0.2, 0.25) is 0 Å². The summed E-state index contributed by atoms with van der Waals surface area (Å²) < 4.78 is 0. The zero-order valence-corrected chi connectivity index (χ0v) is 31.1. The molecule has 0 atom stereocenters. The molecule has 0 aliphatic heterocycles. The van der Waals surface area contributed by atoms with Crippen LogP contribution >= 0.6 is 0 Å². The molecule has 0 N–H and O–H groups in total. The first-order valence-corrected chi connectivity index (χ1v) is 18.7. The maximum Gasteiger partial charge on any atom is 0.0748 e. The minimum absolute atomic E-state index is 0.931. The van der Waals surface area contributed by atoms with Crippen molar-refractivity contribution in [3.63, 3.8) is 0 Å². The normalized spacial score (nSPS) is 14.6. The van der Waals surface area contributed by atoms with Crippen LogP contribution in [0.2, 0.25) is 0 Å². The minimum Gasteiger partial charge on any atom is -0.253 e. The summed E-state index contributed by atoms with van der Waals surface area (Å²) in [6.07, 6.45) is 8.42. The van der Waals surface area contributed by atoms with Gasteiger partial charge in [-0.2, -0.15) is 0 Å². The highest BCUT2D eigenvalue weighted by molar-refractivity contribution is 6.08. The third-order valence-electron chi connectivity index (χ3n) is 10.9. The number of allylic oxidation sites excluding steroid dienone is 4. The van der Waals surface area contributed by atoms with E-state index in [-0.39, 0.29) is 0 Å². The van der Waals surface area contributed by atoms with Crippen molar-refractivity contribution >= 4 is 60.2 Å². The Hall–Kier alpha value is -6.52. The average molecular weight is 697 g/mol. The number of hydrogen-bond acceptors (Lipinski definition) is 4. The van der Waals surface area contributed by atoms with E-state index in [9.17, 15) is 0 Å². The van der Waals surface area contributed by atoms with Crippen LogP contribution in [0.15, 0.2) is 171 Å². The van der Waals surface area contributed by atoms with Crippen LogP contribution in [0.4, 0.5) is 17.1 Å². The first-order chi connectivity index (χ1) is 26.4. The van der Waals surface area contributed by atoms with Crippen LogP contribution in [0, 0.1) is 27.7 Å². The molecule has 0 amide bonds. The van der Waals surface area contributed by atoms with E-state index in [1.54, 1.807) is 0 Å². The molecule has 4 nitrogen and oxygen atoms in total. The highest BCUT2D eigenvalue weighted by Crippen LogP contribution is 2.30. The predicted octanol–water partition coefficient (Wildman–Crippen LogP) is 11.2. The maximum absolute atomic E-state index is 5.32. The number of hydrogen-bond donors (Lipinski definition) is 0. The molecule has 54 heavy (non-hydrogen) atoms. The lowest BCUT2D eigenvalue weighted by atomic mass is 9.93. The lowest BCUT2D eigenvalue weighted by Crippen LogP contribution is -2.21. The molecule has 0 unspecified atom stereocenters. The highest BCUT2D eigenvalue weighted by atomic mass is 14.8. The first-order valence-electron chi connectivity index (χ1n) is 18.7. The fourth-order valence-electron chi connectivity index (χ4n) is 7.70. The van der Waals surface area contributed by atoms with Gasteiger partial charge in [0, 0.05) is 27.2 Å². The number of benzene rings is 8. The summed E-state index contributed by atoms with van der Waals surface area (Å²) in [7, 11) is 0. The van der Waals surface area contributed by atoms with Crippen molar-refractivity contribution in [2.45, 2.75) is 40.5 Å². The molecular weight excluding hydrogens is 657 g/mol. The van der Waals surface area contributed by atoms with Gasteiger partial charge in [-0.05, 0) is 163 Å². The Kier molecular flexibility index (Phi) is 8.51. The summed E-state index contributed by atoms with van der Waals surface area (Å²) in [6, 6.07) is 44.7. The third-order valence-corrected chi connectivity index (χ3v) is 10.9. The van der Waals surface area contributed by atoms with E-state index in [1.165, 1.54) is 0 Å². The zero-order chi connectivity index (χ0) is 36.8. The summed E-state index contributed by atoms with van der Waals surface area (Å²) in [5.41, 5.74) is 8.48. The topological polar surface area (TPSA) is 49.4 Å². The number of nitrogens with zero attached hydrogens (tertiary/aromatic N) is 4. The van der Waals surface area contributed by atoms with Gasteiger partial charge >= 0.3 is 0 Å². The molecule has 0 bridgehead atoms. The Bertz CT molecular complexity index is 3110. The quantitative estimate of drug-likeness (QED) is 0.165. The summed E-state index contributed by atoms with van der Waals surface area (Å²) in [5, 5.41) is 13.0. The lowest BCUT2D eigenvalue weighted by molar-refractivity contribution is 0.927. The summed E-state index contributed by atoms with van der Waals surface area (Å²) >= 11 is 0. The van der Waals surface area contributed by atoms with Crippen molar-refractivity contribution < 1.29 is 0 Å². The largest absolute Gasteiger partial charge is 0.253 e. The molecule has 0 saturated carbocycles. The monoisotopic (exact) mass is 696 g/mol. The molecule has 8 aromatic rings. The lowest BCUT2D eigenvalue weighted by Gasteiger charge is -2.13. The fourth-order valence-corrected chi connectivity index (χ4v) is 7.70. The van der Waals surface area contributed by atoms with Gasteiger partial charge in [-0.25, -0.2) is 15.0 Å². The molecule has 260 valence electrons. The molecule has 0 aromatic heterocycles. The van der Waals surface area contributed by atoms with E-state index in [1.807, 2.05) is 54.6 Å². The molecule has 0 radical (unpaired) electrons. The smallest absolute Gasteiger partial charge is 0.0748 e. The van der Waals surface area contributed by atoms with E-state index < -0.39 is 0 Å². The Morgan fingerprint density at radius 1 is 0.389 bits per heavy atom. The van der Waals surface area contributed by atoms with Crippen LogP contribution in [-0.4, -0.2) is 0 Å². The molecule has 8 aromatic carbocycles. The molecule has 1 aliphatic rings. The van der Waals surface area contributed by atoms with Crippen molar-refractivity contribution in [1.29, 1.82) is 0 Å². The number of rotatable bonds is 4. The molecule has 1 aliphatic carbocycles. The average Bonchev–Trinajstić information content (AvgIpc) is 3.21. The Morgan fingerprint density at radius 3 is 1.04 bits per heavy atom. The summed E-state index contributed by atoms with van der Waals surface area (Å²) in [5.74, 6) is 0. The van der Waals surface area contributed by atoms with Crippen LogP contribution in [0.1, 0.15) is 35.1 Å². The summed E-state index contributed by atoms with van der Waals surface area (Å²) in [6.45, 7) is 8.71. The fraction of sp³-hybridized carbons (Fsp3) is 0.120. The minimum atomic E-state index is 0.931. The van der Waals surface area contributed by atoms with Crippen molar-refractivity contribution in [3.05, 3.63) is 195 Å². The number of para-hydroxylation sites is 3. The van der Waals surface area contributed by atoms with E-state index >= 15 is 0 Å².